The summed E-state index contributed by atoms with van der Waals surface area (Å²) in [5.41, 5.74) is 3.06. The van der Waals surface area contributed by atoms with Crippen LogP contribution in [0.15, 0.2) is 23.3 Å². The minimum absolute atomic E-state index is 0.248. The summed E-state index contributed by atoms with van der Waals surface area (Å²) in [5.74, 6) is 0. The predicted octanol–water partition coefficient (Wildman–Crippen LogP) is 2.76. The standard InChI is InChI=1S/C10H4ClN5S/c11-6-1-2-9-8(3-6)14-10(17-9)16-15-7(4-12)5-13/h1-3H,(H,14,16). The van der Waals surface area contributed by atoms with Gasteiger partial charge in [0.05, 0.1) is 10.2 Å². The van der Waals surface area contributed by atoms with Gasteiger partial charge in [-0.3, -0.25) is 5.43 Å². The average Bonchev–Trinajstić information content (AvgIpc) is 2.72. The summed E-state index contributed by atoms with van der Waals surface area (Å²) < 4.78 is 0.947. The average molecular weight is 262 g/mol. The third kappa shape index (κ3) is 2.51. The van der Waals surface area contributed by atoms with Gasteiger partial charge < -0.3 is 0 Å². The zero-order chi connectivity index (χ0) is 12.3. The Kier molecular flexibility index (Phi) is 3.20. The van der Waals surface area contributed by atoms with Crippen molar-refractivity contribution in [1.82, 2.24) is 4.98 Å². The Hall–Kier alpha value is -2.15. The Morgan fingerprint density at radius 2 is 2.18 bits per heavy atom. The van der Waals surface area contributed by atoms with Gasteiger partial charge in [-0.15, -0.1) is 0 Å². The maximum absolute atomic E-state index is 8.50. The van der Waals surface area contributed by atoms with Crippen molar-refractivity contribution >= 4 is 44.0 Å². The third-order valence-corrected chi connectivity index (χ3v) is 3.00. The van der Waals surface area contributed by atoms with Crippen molar-refractivity contribution in [3.63, 3.8) is 0 Å². The lowest BCUT2D eigenvalue weighted by molar-refractivity contribution is 1.30. The monoisotopic (exact) mass is 261 g/mol. The number of hydrazone groups is 1. The van der Waals surface area contributed by atoms with Crippen molar-refractivity contribution in [2.24, 2.45) is 5.10 Å². The number of aromatic nitrogens is 1. The molecule has 0 atom stereocenters. The molecular weight excluding hydrogens is 258 g/mol. The van der Waals surface area contributed by atoms with E-state index in [0.717, 1.165) is 10.2 Å². The Morgan fingerprint density at radius 1 is 1.41 bits per heavy atom. The van der Waals surface area contributed by atoms with E-state index < -0.39 is 0 Å². The molecule has 0 fully saturated rings. The first-order valence-corrected chi connectivity index (χ1v) is 5.62. The normalized spacial score (nSPS) is 9.35. The van der Waals surface area contributed by atoms with Gasteiger partial charge in [-0.2, -0.15) is 15.6 Å². The lowest BCUT2D eigenvalue weighted by atomic mass is 10.3. The van der Waals surface area contributed by atoms with Crippen molar-refractivity contribution in [3.8, 4) is 12.1 Å². The third-order valence-electron chi connectivity index (χ3n) is 1.82. The molecule has 1 aromatic carbocycles. The van der Waals surface area contributed by atoms with Crippen LogP contribution in [0.4, 0.5) is 5.13 Å². The van der Waals surface area contributed by atoms with Crippen molar-refractivity contribution in [2.45, 2.75) is 0 Å². The quantitative estimate of drug-likeness (QED) is 0.665. The highest BCUT2D eigenvalue weighted by Gasteiger charge is 2.03. The topological polar surface area (TPSA) is 84.9 Å². The van der Waals surface area contributed by atoms with Crippen LogP contribution in [0.2, 0.25) is 5.02 Å². The second kappa shape index (κ2) is 4.79. The van der Waals surface area contributed by atoms with Crippen molar-refractivity contribution in [2.75, 3.05) is 5.43 Å². The molecule has 5 nitrogen and oxygen atoms in total. The van der Waals surface area contributed by atoms with Gasteiger partial charge in [-0.25, -0.2) is 4.98 Å². The van der Waals surface area contributed by atoms with E-state index in [9.17, 15) is 0 Å². The van der Waals surface area contributed by atoms with Crippen LogP contribution in [0, 0.1) is 22.7 Å². The summed E-state index contributed by atoms with van der Waals surface area (Å²) in [4.78, 5) is 4.21. The molecule has 1 heterocycles. The summed E-state index contributed by atoms with van der Waals surface area (Å²) >= 11 is 7.19. The molecule has 1 aromatic heterocycles. The van der Waals surface area contributed by atoms with Crippen LogP contribution in [0.1, 0.15) is 0 Å². The molecule has 82 valence electrons. The van der Waals surface area contributed by atoms with E-state index >= 15 is 0 Å². The largest absolute Gasteiger partial charge is 0.251 e. The SMILES string of the molecule is N#CC(C#N)=NNc1nc2cc(Cl)ccc2s1. The van der Waals surface area contributed by atoms with Crippen LogP contribution < -0.4 is 5.43 Å². The summed E-state index contributed by atoms with van der Waals surface area (Å²) in [7, 11) is 0. The molecule has 0 bridgehead atoms. The number of hydrogen-bond acceptors (Lipinski definition) is 6. The maximum atomic E-state index is 8.50. The van der Waals surface area contributed by atoms with Crippen molar-refractivity contribution in [1.29, 1.82) is 10.5 Å². The van der Waals surface area contributed by atoms with Gasteiger partial charge in [-0.05, 0) is 18.2 Å². The maximum Gasteiger partial charge on any atom is 0.237 e. The number of nitrogens with one attached hydrogen (secondary N) is 1. The second-order valence-electron chi connectivity index (χ2n) is 2.93. The smallest absolute Gasteiger partial charge is 0.237 e. The van der Waals surface area contributed by atoms with Crippen molar-refractivity contribution < 1.29 is 0 Å². The van der Waals surface area contributed by atoms with Gasteiger partial charge in [0, 0.05) is 5.02 Å². The fraction of sp³-hybridized carbons (Fsp3) is 0. The van der Waals surface area contributed by atoms with E-state index in [1.54, 1.807) is 24.3 Å². The molecule has 0 saturated carbocycles. The first-order valence-electron chi connectivity index (χ1n) is 4.43. The fourth-order valence-corrected chi connectivity index (χ4v) is 2.08. The molecule has 17 heavy (non-hydrogen) atoms. The minimum Gasteiger partial charge on any atom is -0.251 e. The van der Waals surface area contributed by atoms with Gasteiger partial charge in [0.1, 0.15) is 12.1 Å². The number of anilines is 1. The number of benzene rings is 1. The predicted molar refractivity (Wildman–Crippen MR) is 66.9 cm³/mol. The summed E-state index contributed by atoms with van der Waals surface area (Å²) in [6, 6.07) is 8.64. The van der Waals surface area contributed by atoms with E-state index in [-0.39, 0.29) is 5.71 Å². The molecular formula is C10H4ClN5S. The van der Waals surface area contributed by atoms with Crippen LogP contribution in [0.25, 0.3) is 10.2 Å². The molecule has 0 aliphatic carbocycles. The van der Waals surface area contributed by atoms with Gasteiger partial charge in [0.25, 0.3) is 0 Å². The highest BCUT2D eigenvalue weighted by molar-refractivity contribution is 7.22. The number of rotatable bonds is 2. The van der Waals surface area contributed by atoms with E-state index in [2.05, 4.69) is 15.5 Å². The van der Waals surface area contributed by atoms with Gasteiger partial charge in [-0.1, -0.05) is 22.9 Å². The Labute approximate surface area is 106 Å². The first kappa shape index (κ1) is 11.3. The number of thiazole rings is 1. The van der Waals surface area contributed by atoms with Gasteiger partial charge >= 0.3 is 0 Å². The lowest BCUT2D eigenvalue weighted by Crippen LogP contribution is -1.95. The first-order chi connectivity index (χ1) is 8.22. The van der Waals surface area contributed by atoms with Crippen LogP contribution >= 0.6 is 22.9 Å². The molecule has 7 heteroatoms. The Balaban J connectivity index is 2.30. The number of halogens is 1. The van der Waals surface area contributed by atoms with E-state index in [1.165, 1.54) is 11.3 Å². The van der Waals surface area contributed by atoms with Crippen LogP contribution in [-0.2, 0) is 0 Å². The highest BCUT2D eigenvalue weighted by atomic mass is 35.5. The molecule has 2 aromatic rings. The number of nitriles is 2. The van der Waals surface area contributed by atoms with E-state index in [4.69, 9.17) is 22.1 Å². The van der Waals surface area contributed by atoms with Gasteiger partial charge in [0.2, 0.25) is 10.8 Å². The lowest BCUT2D eigenvalue weighted by Gasteiger charge is -1.89. The van der Waals surface area contributed by atoms with Crippen molar-refractivity contribution in [3.05, 3.63) is 23.2 Å². The molecule has 0 spiro atoms. The highest BCUT2D eigenvalue weighted by Crippen LogP contribution is 2.27. The zero-order valence-electron chi connectivity index (χ0n) is 8.31. The molecule has 0 aliphatic rings. The van der Waals surface area contributed by atoms with Crippen LogP contribution in [-0.4, -0.2) is 10.7 Å². The molecule has 0 aliphatic heterocycles. The number of hydrogen-bond donors (Lipinski definition) is 1. The number of nitrogens with zero attached hydrogens (tertiary/aromatic N) is 4. The minimum atomic E-state index is -0.248. The molecule has 0 saturated heterocycles. The van der Waals surface area contributed by atoms with Crippen LogP contribution in [0.3, 0.4) is 0 Å². The Morgan fingerprint density at radius 3 is 2.88 bits per heavy atom. The summed E-state index contributed by atoms with van der Waals surface area (Å²) in [6.07, 6.45) is 0. The summed E-state index contributed by atoms with van der Waals surface area (Å²) in [6.45, 7) is 0. The van der Waals surface area contributed by atoms with E-state index in [0.29, 0.717) is 10.2 Å². The summed E-state index contributed by atoms with van der Waals surface area (Å²) in [5, 5.41) is 21.7. The van der Waals surface area contributed by atoms with E-state index in [1.807, 2.05) is 6.07 Å². The zero-order valence-corrected chi connectivity index (χ0v) is 9.88. The van der Waals surface area contributed by atoms with Gasteiger partial charge in [0.15, 0.2) is 0 Å². The Bertz CT molecular complexity index is 660. The fourth-order valence-electron chi connectivity index (χ4n) is 1.13. The molecule has 1 N–H and O–H groups in total. The van der Waals surface area contributed by atoms with Crippen LogP contribution in [0.5, 0.6) is 0 Å². The number of fused-ring (bicyclic) bond motifs is 1. The molecule has 0 radical (unpaired) electrons. The molecule has 0 amide bonds. The second-order valence-corrected chi connectivity index (χ2v) is 4.39. The molecule has 2 rings (SSSR count). The molecule has 0 unspecified atom stereocenters.